The molecule has 116 valence electrons. The molecular weight excluding hydrogens is 278 g/mol. The van der Waals surface area contributed by atoms with Crippen LogP contribution in [0.25, 0.3) is 5.69 Å². The van der Waals surface area contributed by atoms with Crippen LogP contribution in [-0.2, 0) is 0 Å². The summed E-state index contributed by atoms with van der Waals surface area (Å²) in [6.45, 7) is 5.84. The number of piperazine rings is 1. The molecule has 22 heavy (non-hydrogen) atoms. The molecule has 2 aromatic rings. The van der Waals surface area contributed by atoms with Crippen molar-refractivity contribution in [3.63, 3.8) is 0 Å². The second kappa shape index (κ2) is 5.88. The molecule has 2 unspecified atom stereocenters. The topological polar surface area (TPSA) is 54.3 Å². The van der Waals surface area contributed by atoms with Gasteiger partial charge in [-0.1, -0.05) is 0 Å². The predicted molar refractivity (Wildman–Crippen MR) is 83.9 cm³/mol. The van der Waals surface area contributed by atoms with Gasteiger partial charge in [0.05, 0.1) is 12.0 Å². The van der Waals surface area contributed by atoms with Crippen LogP contribution in [0.15, 0.2) is 37.1 Å². The van der Waals surface area contributed by atoms with Gasteiger partial charge in [0, 0.05) is 43.8 Å². The van der Waals surface area contributed by atoms with E-state index in [0.717, 1.165) is 18.8 Å². The lowest BCUT2D eigenvalue weighted by atomic mass is 10.1. The Morgan fingerprint density at radius 2 is 2.05 bits per heavy atom. The summed E-state index contributed by atoms with van der Waals surface area (Å²) < 4.78 is 1.87. The highest BCUT2D eigenvalue weighted by atomic mass is 16.2. The van der Waals surface area contributed by atoms with E-state index in [0.29, 0.717) is 11.7 Å². The molecule has 0 radical (unpaired) electrons. The number of likely N-dealkylation sites (N-methyl/N-ethyl adjacent to an activating group) is 1. The third-order valence-corrected chi connectivity index (χ3v) is 4.32. The molecule has 3 heterocycles. The van der Waals surface area contributed by atoms with Crippen LogP contribution in [0.2, 0.25) is 0 Å². The highest BCUT2D eigenvalue weighted by Gasteiger charge is 2.31. The third-order valence-electron chi connectivity index (χ3n) is 4.32. The molecule has 1 aliphatic heterocycles. The van der Waals surface area contributed by atoms with Crippen molar-refractivity contribution in [2.45, 2.75) is 25.9 Å². The summed E-state index contributed by atoms with van der Waals surface area (Å²) in [6, 6.07) is 4.23. The van der Waals surface area contributed by atoms with Gasteiger partial charge >= 0.3 is 0 Å². The number of hydrogen-bond acceptors (Lipinski definition) is 4. The number of pyridine rings is 1. The SMILES string of the molecule is CC1CN(C(=O)c2cc(-n3ccnc3)ccn2)C(C)CN1C. The summed E-state index contributed by atoms with van der Waals surface area (Å²) in [5.74, 6) is -0.00517. The maximum Gasteiger partial charge on any atom is 0.272 e. The Hall–Kier alpha value is -2.21. The second-order valence-corrected chi connectivity index (χ2v) is 5.96. The fourth-order valence-corrected chi connectivity index (χ4v) is 2.84. The first-order valence-corrected chi connectivity index (χ1v) is 7.52. The first-order chi connectivity index (χ1) is 10.6. The van der Waals surface area contributed by atoms with Crippen molar-refractivity contribution < 1.29 is 4.79 Å². The number of nitrogens with zero attached hydrogens (tertiary/aromatic N) is 5. The Bertz CT molecular complexity index is 654. The van der Waals surface area contributed by atoms with Crippen molar-refractivity contribution in [3.8, 4) is 5.69 Å². The van der Waals surface area contributed by atoms with Crippen molar-refractivity contribution in [1.82, 2.24) is 24.3 Å². The molecule has 0 N–H and O–H groups in total. The zero-order valence-corrected chi connectivity index (χ0v) is 13.2. The van der Waals surface area contributed by atoms with Crippen molar-refractivity contribution in [1.29, 1.82) is 0 Å². The minimum absolute atomic E-state index is 0.00517. The van der Waals surface area contributed by atoms with E-state index in [1.54, 1.807) is 18.7 Å². The Labute approximate surface area is 130 Å². The maximum absolute atomic E-state index is 12.8. The maximum atomic E-state index is 12.8. The molecule has 1 aliphatic rings. The number of hydrogen-bond donors (Lipinski definition) is 0. The van der Waals surface area contributed by atoms with Crippen LogP contribution < -0.4 is 0 Å². The molecule has 6 heteroatoms. The van der Waals surface area contributed by atoms with E-state index >= 15 is 0 Å². The summed E-state index contributed by atoms with van der Waals surface area (Å²) >= 11 is 0. The smallest absolute Gasteiger partial charge is 0.272 e. The quantitative estimate of drug-likeness (QED) is 0.842. The summed E-state index contributed by atoms with van der Waals surface area (Å²) in [7, 11) is 2.10. The molecule has 3 rings (SSSR count). The van der Waals surface area contributed by atoms with Crippen LogP contribution >= 0.6 is 0 Å². The first kappa shape index (κ1) is 14.7. The number of imidazole rings is 1. The Morgan fingerprint density at radius 1 is 1.23 bits per heavy atom. The number of carbonyl (C=O) groups excluding carboxylic acids is 1. The summed E-state index contributed by atoms with van der Waals surface area (Å²) in [4.78, 5) is 25.3. The monoisotopic (exact) mass is 299 g/mol. The van der Waals surface area contributed by atoms with E-state index in [2.05, 4.69) is 35.8 Å². The van der Waals surface area contributed by atoms with Crippen molar-refractivity contribution >= 4 is 5.91 Å². The molecule has 6 nitrogen and oxygen atoms in total. The average Bonchev–Trinajstić information content (AvgIpc) is 3.05. The summed E-state index contributed by atoms with van der Waals surface area (Å²) in [5.41, 5.74) is 1.38. The standard InChI is InChI=1S/C16H21N5O/c1-12-10-21(13(2)9-19(12)3)16(22)15-8-14(4-5-18-15)20-7-6-17-11-20/h4-8,11-13H,9-10H2,1-3H3. The number of aromatic nitrogens is 3. The molecule has 0 aliphatic carbocycles. The van der Waals surface area contributed by atoms with Gasteiger partial charge in [-0.2, -0.15) is 0 Å². The molecular formula is C16H21N5O. The van der Waals surface area contributed by atoms with Gasteiger partial charge in [0.25, 0.3) is 5.91 Å². The van der Waals surface area contributed by atoms with E-state index in [-0.39, 0.29) is 11.9 Å². The van der Waals surface area contributed by atoms with Gasteiger partial charge in [0.15, 0.2) is 0 Å². The van der Waals surface area contributed by atoms with E-state index in [4.69, 9.17) is 0 Å². The number of carbonyl (C=O) groups is 1. The fourth-order valence-electron chi connectivity index (χ4n) is 2.84. The van der Waals surface area contributed by atoms with Crippen LogP contribution in [0, 0.1) is 0 Å². The largest absolute Gasteiger partial charge is 0.332 e. The van der Waals surface area contributed by atoms with Gasteiger partial charge in [-0.15, -0.1) is 0 Å². The van der Waals surface area contributed by atoms with Crippen molar-refractivity contribution in [2.75, 3.05) is 20.1 Å². The van der Waals surface area contributed by atoms with Crippen LogP contribution in [0.4, 0.5) is 0 Å². The minimum atomic E-state index is -0.00517. The van der Waals surface area contributed by atoms with Crippen LogP contribution in [-0.4, -0.2) is 62.5 Å². The van der Waals surface area contributed by atoms with Gasteiger partial charge in [-0.25, -0.2) is 4.98 Å². The second-order valence-electron chi connectivity index (χ2n) is 5.96. The summed E-state index contributed by atoms with van der Waals surface area (Å²) in [6.07, 6.45) is 6.95. The molecule has 1 saturated heterocycles. The normalized spacial score (nSPS) is 22.8. The number of amides is 1. The minimum Gasteiger partial charge on any atom is -0.332 e. The van der Waals surface area contributed by atoms with E-state index in [1.807, 2.05) is 27.8 Å². The van der Waals surface area contributed by atoms with Crippen LogP contribution in [0.1, 0.15) is 24.3 Å². The average molecular weight is 299 g/mol. The van der Waals surface area contributed by atoms with E-state index < -0.39 is 0 Å². The molecule has 0 saturated carbocycles. The zero-order chi connectivity index (χ0) is 15.7. The number of rotatable bonds is 2. The lowest BCUT2D eigenvalue weighted by Gasteiger charge is -2.42. The zero-order valence-electron chi connectivity index (χ0n) is 13.2. The lowest BCUT2D eigenvalue weighted by Crippen LogP contribution is -2.56. The van der Waals surface area contributed by atoms with Gasteiger partial charge in [-0.05, 0) is 33.0 Å². The van der Waals surface area contributed by atoms with Crippen LogP contribution in [0.3, 0.4) is 0 Å². The molecule has 1 amide bonds. The summed E-state index contributed by atoms with van der Waals surface area (Å²) in [5, 5.41) is 0. The van der Waals surface area contributed by atoms with Crippen LogP contribution in [0.5, 0.6) is 0 Å². The van der Waals surface area contributed by atoms with E-state index in [1.165, 1.54) is 0 Å². The third kappa shape index (κ3) is 2.74. The predicted octanol–water partition coefficient (Wildman–Crippen LogP) is 1.43. The first-order valence-electron chi connectivity index (χ1n) is 7.52. The van der Waals surface area contributed by atoms with Crippen molar-refractivity contribution in [2.24, 2.45) is 0 Å². The van der Waals surface area contributed by atoms with E-state index in [9.17, 15) is 4.79 Å². The molecule has 0 aromatic carbocycles. The van der Waals surface area contributed by atoms with Gasteiger partial charge in [0.1, 0.15) is 5.69 Å². The molecule has 0 spiro atoms. The van der Waals surface area contributed by atoms with Gasteiger partial charge < -0.3 is 9.47 Å². The molecule has 0 bridgehead atoms. The highest BCUT2D eigenvalue weighted by Crippen LogP contribution is 2.17. The van der Waals surface area contributed by atoms with Gasteiger partial charge in [-0.3, -0.25) is 14.7 Å². The lowest BCUT2D eigenvalue weighted by molar-refractivity contribution is 0.0392. The molecule has 2 atom stereocenters. The molecule has 1 fully saturated rings. The Morgan fingerprint density at radius 3 is 2.77 bits per heavy atom. The fraction of sp³-hybridized carbons (Fsp3) is 0.438. The van der Waals surface area contributed by atoms with Crippen molar-refractivity contribution in [3.05, 3.63) is 42.7 Å². The highest BCUT2D eigenvalue weighted by molar-refractivity contribution is 5.93. The Balaban J connectivity index is 1.85. The Kier molecular flexibility index (Phi) is 3.94. The van der Waals surface area contributed by atoms with Gasteiger partial charge in [0.2, 0.25) is 0 Å². The molecule has 2 aromatic heterocycles.